The lowest BCUT2D eigenvalue weighted by Gasteiger charge is -2.27. The number of nitrogens with zero attached hydrogens (tertiary/aromatic N) is 1. The number of fused-ring (bicyclic) bond motifs is 1. The van der Waals surface area contributed by atoms with Crippen molar-refractivity contribution >= 4 is 55.7 Å². The number of carbonyl (C=O) groups is 2. The van der Waals surface area contributed by atoms with E-state index in [0.717, 1.165) is 44.7 Å². The van der Waals surface area contributed by atoms with Gasteiger partial charge in [-0.15, -0.1) is 11.3 Å². The van der Waals surface area contributed by atoms with Crippen molar-refractivity contribution in [1.82, 2.24) is 4.90 Å². The number of benzene rings is 2. The van der Waals surface area contributed by atoms with Crippen LogP contribution in [0.2, 0.25) is 0 Å². The van der Waals surface area contributed by atoms with Crippen LogP contribution in [0.1, 0.15) is 53.1 Å². The summed E-state index contributed by atoms with van der Waals surface area (Å²) in [7, 11) is 0. The number of carbonyl (C=O) groups excluding carboxylic acids is 2. The minimum atomic E-state index is -0.397. The van der Waals surface area contributed by atoms with E-state index in [9.17, 15) is 14.0 Å². The summed E-state index contributed by atoms with van der Waals surface area (Å²) in [5.74, 6) is -0.716. The fourth-order valence-corrected chi connectivity index (χ4v) is 5.65. The number of allylic oxidation sites excluding steroid dienone is 1. The lowest BCUT2D eigenvalue weighted by molar-refractivity contribution is 0.102. The second-order valence-electron chi connectivity index (χ2n) is 8.58. The highest BCUT2D eigenvalue weighted by atomic mass is 79.9. The molecule has 0 atom stereocenters. The maximum Gasteiger partial charge on any atom is 0.410 e. The Morgan fingerprint density at radius 2 is 1.84 bits per heavy atom. The van der Waals surface area contributed by atoms with Crippen LogP contribution in [0.5, 0.6) is 0 Å². The Labute approximate surface area is 228 Å². The quantitative estimate of drug-likeness (QED) is 0.284. The molecule has 0 fully saturated rings. The Morgan fingerprint density at radius 3 is 2.51 bits per heavy atom. The van der Waals surface area contributed by atoms with Crippen molar-refractivity contribution in [2.24, 2.45) is 0 Å². The van der Waals surface area contributed by atoms with Gasteiger partial charge >= 0.3 is 6.09 Å². The van der Waals surface area contributed by atoms with Crippen LogP contribution in [-0.4, -0.2) is 30.1 Å². The van der Waals surface area contributed by atoms with Gasteiger partial charge in [-0.1, -0.05) is 35.4 Å². The fourth-order valence-electron chi connectivity index (χ4n) is 4.12. The minimum Gasteiger partial charge on any atom is -0.450 e. The number of hydrogen-bond donors (Lipinski definition) is 2. The average Bonchev–Trinajstić information content (AvgIpc) is 3.25. The molecule has 0 bridgehead atoms. The molecule has 3 aromatic rings. The average molecular weight is 587 g/mol. The first-order valence-corrected chi connectivity index (χ1v) is 13.9. The summed E-state index contributed by atoms with van der Waals surface area (Å²) in [5, 5.41) is 7.30. The number of rotatable bonds is 8. The van der Waals surface area contributed by atoms with Crippen LogP contribution in [-0.2, 0) is 17.7 Å². The molecule has 0 aliphatic carbocycles. The lowest BCUT2D eigenvalue weighted by atomic mass is 9.99. The third kappa shape index (κ3) is 6.59. The highest BCUT2D eigenvalue weighted by molar-refractivity contribution is 9.10. The Kier molecular flexibility index (Phi) is 9.00. The summed E-state index contributed by atoms with van der Waals surface area (Å²) in [6.07, 6.45) is 4.26. The van der Waals surface area contributed by atoms with Crippen molar-refractivity contribution in [3.63, 3.8) is 0 Å². The molecule has 194 valence electrons. The monoisotopic (exact) mass is 585 g/mol. The van der Waals surface area contributed by atoms with E-state index in [2.05, 4.69) is 39.6 Å². The Morgan fingerprint density at radius 1 is 1.11 bits per heavy atom. The molecule has 0 spiro atoms. The van der Waals surface area contributed by atoms with E-state index >= 15 is 0 Å². The van der Waals surface area contributed by atoms with Crippen molar-refractivity contribution in [3.8, 4) is 0 Å². The van der Waals surface area contributed by atoms with Crippen LogP contribution in [0.3, 0.4) is 0 Å². The summed E-state index contributed by atoms with van der Waals surface area (Å²) in [5.41, 5.74) is 4.22. The number of nitrogens with one attached hydrogen (secondary N) is 2. The fraction of sp³-hybridized carbons (Fsp3) is 0.286. The summed E-state index contributed by atoms with van der Waals surface area (Å²) in [6.45, 7) is 5.17. The molecular weight excluding hydrogens is 557 g/mol. The van der Waals surface area contributed by atoms with Gasteiger partial charge in [0.2, 0.25) is 0 Å². The van der Waals surface area contributed by atoms with Crippen molar-refractivity contribution in [1.29, 1.82) is 0 Å². The van der Waals surface area contributed by atoms with E-state index in [1.54, 1.807) is 11.8 Å². The molecule has 1 aliphatic rings. The molecular formula is C28H29BrFN3O3S. The van der Waals surface area contributed by atoms with Gasteiger partial charge in [0.1, 0.15) is 10.8 Å². The molecule has 0 radical (unpaired) electrons. The first-order valence-electron chi connectivity index (χ1n) is 12.3. The molecule has 0 saturated heterocycles. The molecule has 0 saturated carbocycles. The first-order chi connectivity index (χ1) is 17.9. The maximum absolute atomic E-state index is 13.4. The van der Waals surface area contributed by atoms with Gasteiger partial charge in [0.15, 0.2) is 0 Å². The summed E-state index contributed by atoms with van der Waals surface area (Å²) >= 11 is 4.94. The zero-order chi connectivity index (χ0) is 26.4. The van der Waals surface area contributed by atoms with E-state index in [-0.39, 0.29) is 12.0 Å². The SMILES string of the molecule is CCC/C=C(/Nc1ccc(Br)cc1)c1c(NC(=O)c2ccc(F)cc2)sc2c1CCN(C(=O)OCC)C2. The van der Waals surface area contributed by atoms with Gasteiger partial charge in [0.05, 0.1) is 13.2 Å². The largest absolute Gasteiger partial charge is 0.450 e. The number of amides is 2. The van der Waals surface area contributed by atoms with E-state index in [0.29, 0.717) is 36.7 Å². The van der Waals surface area contributed by atoms with Gasteiger partial charge in [-0.3, -0.25) is 4.79 Å². The van der Waals surface area contributed by atoms with Crippen molar-refractivity contribution < 1.29 is 18.7 Å². The number of thiophene rings is 1. The normalized spacial score (nSPS) is 13.2. The molecule has 9 heteroatoms. The first kappa shape index (κ1) is 26.9. The molecule has 2 amide bonds. The zero-order valence-electron chi connectivity index (χ0n) is 20.8. The van der Waals surface area contributed by atoms with Crippen LogP contribution in [0.4, 0.5) is 19.9 Å². The van der Waals surface area contributed by atoms with Crippen LogP contribution in [0.15, 0.2) is 59.1 Å². The standard InChI is InChI=1S/C28H29BrFN3O3S/c1-3-5-6-23(31-21-13-9-19(29)10-14-21)25-22-15-16-33(28(35)36-4-2)17-24(22)37-27(25)32-26(34)18-7-11-20(30)12-8-18/h6-14,31H,3-5,15-17H2,1-2H3,(H,32,34)/b23-6+. The predicted octanol–water partition coefficient (Wildman–Crippen LogP) is 7.67. The summed E-state index contributed by atoms with van der Waals surface area (Å²) in [6, 6.07) is 13.4. The molecule has 4 rings (SSSR count). The molecule has 2 N–H and O–H groups in total. The van der Waals surface area contributed by atoms with E-state index in [1.165, 1.54) is 35.6 Å². The number of unbranched alkanes of at least 4 members (excludes halogenated alkanes) is 1. The second kappa shape index (κ2) is 12.4. The third-order valence-corrected chi connectivity index (χ3v) is 7.61. The van der Waals surface area contributed by atoms with E-state index in [4.69, 9.17) is 4.74 Å². The molecule has 0 unspecified atom stereocenters. The summed E-state index contributed by atoms with van der Waals surface area (Å²) in [4.78, 5) is 28.2. The molecule has 6 nitrogen and oxygen atoms in total. The van der Waals surface area contributed by atoms with Crippen molar-refractivity contribution in [2.45, 2.75) is 39.7 Å². The van der Waals surface area contributed by atoms with Crippen molar-refractivity contribution in [3.05, 3.63) is 86.5 Å². The van der Waals surface area contributed by atoms with E-state index in [1.807, 2.05) is 24.3 Å². The van der Waals surface area contributed by atoms with Crippen LogP contribution < -0.4 is 10.6 Å². The Balaban J connectivity index is 1.74. The Hall–Kier alpha value is -3.17. The number of anilines is 2. The topological polar surface area (TPSA) is 70.7 Å². The zero-order valence-corrected chi connectivity index (χ0v) is 23.2. The maximum atomic E-state index is 13.4. The van der Waals surface area contributed by atoms with Crippen LogP contribution in [0, 0.1) is 5.82 Å². The van der Waals surface area contributed by atoms with Crippen molar-refractivity contribution in [2.75, 3.05) is 23.8 Å². The smallest absolute Gasteiger partial charge is 0.410 e. The lowest BCUT2D eigenvalue weighted by Crippen LogP contribution is -2.36. The molecule has 2 heterocycles. The molecule has 37 heavy (non-hydrogen) atoms. The van der Waals surface area contributed by atoms with Crippen LogP contribution in [0.25, 0.3) is 5.70 Å². The molecule has 2 aromatic carbocycles. The van der Waals surface area contributed by atoms with Gasteiger partial charge in [0.25, 0.3) is 5.91 Å². The highest BCUT2D eigenvalue weighted by Gasteiger charge is 2.29. The van der Waals surface area contributed by atoms with Gasteiger partial charge in [-0.2, -0.15) is 0 Å². The number of halogens is 2. The van der Waals surface area contributed by atoms with Crippen LogP contribution >= 0.6 is 27.3 Å². The minimum absolute atomic E-state index is 0.317. The highest BCUT2D eigenvalue weighted by Crippen LogP contribution is 2.42. The molecule has 1 aromatic heterocycles. The van der Waals surface area contributed by atoms with Gasteiger partial charge < -0.3 is 20.3 Å². The predicted molar refractivity (Wildman–Crippen MR) is 150 cm³/mol. The van der Waals surface area contributed by atoms with Gasteiger partial charge in [-0.05, 0) is 73.9 Å². The van der Waals surface area contributed by atoms with E-state index < -0.39 is 5.82 Å². The second-order valence-corrected chi connectivity index (χ2v) is 10.6. The van der Waals surface area contributed by atoms with Gasteiger partial charge in [-0.25, -0.2) is 9.18 Å². The third-order valence-electron chi connectivity index (χ3n) is 5.95. The molecule has 1 aliphatic heterocycles. The number of hydrogen-bond acceptors (Lipinski definition) is 5. The number of ether oxygens (including phenoxy) is 1. The van der Waals surface area contributed by atoms with Gasteiger partial charge in [0, 0.05) is 38.4 Å². The Bertz CT molecular complexity index is 1290. The summed E-state index contributed by atoms with van der Waals surface area (Å²) < 4.78 is 19.6.